The monoisotopic (exact) mass is 293 g/mol. The van der Waals surface area contributed by atoms with Crippen LogP contribution in [-0.4, -0.2) is 25.3 Å². The maximum atomic E-state index is 11.9. The fourth-order valence-electron chi connectivity index (χ4n) is 2.28. The summed E-state index contributed by atoms with van der Waals surface area (Å²) in [6, 6.07) is 8.06. The van der Waals surface area contributed by atoms with Crippen LogP contribution < -0.4 is 5.32 Å². The minimum Gasteiger partial charge on any atom is -0.443 e. The molecule has 4 heteroatoms. The Morgan fingerprint density at radius 1 is 1.14 bits per heavy atom. The summed E-state index contributed by atoms with van der Waals surface area (Å²) in [5, 5.41) is 2.76. The van der Waals surface area contributed by atoms with Crippen molar-refractivity contribution in [3.8, 4) is 0 Å². The van der Waals surface area contributed by atoms with E-state index in [1.165, 1.54) is 0 Å². The molecule has 1 aromatic carbocycles. The summed E-state index contributed by atoms with van der Waals surface area (Å²) in [4.78, 5) is 11.9. The molecule has 0 radical (unpaired) electrons. The summed E-state index contributed by atoms with van der Waals surface area (Å²) in [7, 11) is 1.65. The minimum atomic E-state index is -0.403. The number of carbonyl (C=O) groups excluding carboxylic acids is 1. The van der Waals surface area contributed by atoms with Crippen LogP contribution in [0.3, 0.4) is 0 Å². The van der Waals surface area contributed by atoms with Crippen LogP contribution in [0, 0.1) is 12.8 Å². The zero-order valence-corrected chi connectivity index (χ0v) is 13.8. The minimum absolute atomic E-state index is 0.0461. The predicted octanol–water partition coefficient (Wildman–Crippen LogP) is 3.84. The maximum Gasteiger partial charge on any atom is 0.407 e. The third kappa shape index (κ3) is 5.05. The third-order valence-corrected chi connectivity index (χ3v) is 3.35. The highest BCUT2D eigenvalue weighted by Gasteiger charge is 2.30. The highest BCUT2D eigenvalue weighted by atomic mass is 16.6. The van der Waals surface area contributed by atoms with Crippen molar-refractivity contribution < 1.29 is 14.3 Å². The molecule has 0 saturated heterocycles. The molecule has 1 amide bonds. The Morgan fingerprint density at radius 3 is 2.24 bits per heavy atom. The van der Waals surface area contributed by atoms with E-state index < -0.39 is 6.09 Å². The predicted molar refractivity (Wildman–Crippen MR) is 84.3 cm³/mol. The number of carbonyl (C=O) groups is 1. The second-order valence-corrected chi connectivity index (χ2v) is 5.93. The first-order valence-electron chi connectivity index (χ1n) is 7.42. The standard InChI is InChI=1S/C17H27NO3/c1-11(2)15(21-17(19)18-12(3)4)16(20-6)14-10-8-7-9-13(14)5/h7-12,15-16H,1-6H3,(H,18,19)/t15-,16-/m0/s1. The van der Waals surface area contributed by atoms with E-state index in [-0.39, 0.29) is 24.2 Å². The zero-order valence-electron chi connectivity index (χ0n) is 13.8. The number of rotatable bonds is 6. The molecule has 21 heavy (non-hydrogen) atoms. The van der Waals surface area contributed by atoms with Crippen LogP contribution in [0.2, 0.25) is 0 Å². The number of methoxy groups -OCH3 is 1. The normalized spacial score (nSPS) is 14.1. The molecule has 0 aliphatic carbocycles. The van der Waals surface area contributed by atoms with E-state index in [0.717, 1.165) is 11.1 Å². The van der Waals surface area contributed by atoms with Crippen molar-refractivity contribution >= 4 is 6.09 Å². The number of aryl methyl sites for hydroxylation is 1. The topological polar surface area (TPSA) is 47.6 Å². The molecule has 0 fully saturated rings. The molecular formula is C17H27NO3. The molecule has 0 spiro atoms. The Morgan fingerprint density at radius 2 is 1.76 bits per heavy atom. The van der Waals surface area contributed by atoms with E-state index in [9.17, 15) is 4.79 Å². The van der Waals surface area contributed by atoms with Gasteiger partial charge in [0.05, 0.1) is 0 Å². The van der Waals surface area contributed by atoms with Gasteiger partial charge in [-0.1, -0.05) is 38.1 Å². The molecule has 0 bridgehead atoms. The van der Waals surface area contributed by atoms with Gasteiger partial charge >= 0.3 is 6.09 Å². The molecule has 1 N–H and O–H groups in total. The summed E-state index contributed by atoms with van der Waals surface area (Å²) >= 11 is 0. The first-order chi connectivity index (χ1) is 9.86. The lowest BCUT2D eigenvalue weighted by atomic mass is 9.93. The largest absolute Gasteiger partial charge is 0.443 e. The SMILES string of the molecule is CO[C@@H](c1ccccc1C)[C@@H](OC(=O)NC(C)C)C(C)C. The van der Waals surface area contributed by atoms with Crippen molar-refractivity contribution in [2.24, 2.45) is 5.92 Å². The molecule has 0 aromatic heterocycles. The Labute approximate surface area is 127 Å². The lowest BCUT2D eigenvalue weighted by Crippen LogP contribution is -2.38. The molecule has 4 nitrogen and oxygen atoms in total. The summed E-state index contributed by atoms with van der Waals surface area (Å²) in [5.74, 6) is 0.146. The first kappa shape index (κ1) is 17.5. The van der Waals surface area contributed by atoms with Crippen molar-refractivity contribution in [3.05, 3.63) is 35.4 Å². The lowest BCUT2D eigenvalue weighted by molar-refractivity contribution is -0.0456. The highest BCUT2D eigenvalue weighted by Crippen LogP contribution is 2.30. The van der Waals surface area contributed by atoms with Crippen molar-refractivity contribution in [3.63, 3.8) is 0 Å². The van der Waals surface area contributed by atoms with Gasteiger partial charge in [0.1, 0.15) is 12.2 Å². The van der Waals surface area contributed by atoms with Crippen LogP contribution >= 0.6 is 0 Å². The maximum absolute atomic E-state index is 11.9. The molecule has 0 saturated carbocycles. The number of hydrogen-bond donors (Lipinski definition) is 1. The third-order valence-electron chi connectivity index (χ3n) is 3.35. The average Bonchev–Trinajstić information content (AvgIpc) is 2.39. The molecular weight excluding hydrogens is 266 g/mol. The van der Waals surface area contributed by atoms with E-state index in [0.29, 0.717) is 0 Å². The average molecular weight is 293 g/mol. The van der Waals surface area contributed by atoms with Gasteiger partial charge < -0.3 is 14.8 Å². The van der Waals surface area contributed by atoms with Crippen molar-refractivity contribution in [2.75, 3.05) is 7.11 Å². The summed E-state index contributed by atoms with van der Waals surface area (Å²) in [6.07, 6.45) is -1.02. The molecule has 0 aliphatic heterocycles. The van der Waals surface area contributed by atoms with Crippen molar-refractivity contribution in [1.29, 1.82) is 0 Å². The second kappa shape index (κ2) is 8.03. The second-order valence-electron chi connectivity index (χ2n) is 5.93. The van der Waals surface area contributed by atoms with Gasteiger partial charge in [0.25, 0.3) is 0 Å². The fraction of sp³-hybridized carbons (Fsp3) is 0.588. The van der Waals surface area contributed by atoms with E-state index in [1.54, 1.807) is 7.11 Å². The van der Waals surface area contributed by atoms with Crippen LogP contribution in [0.5, 0.6) is 0 Å². The lowest BCUT2D eigenvalue weighted by Gasteiger charge is -2.30. The van der Waals surface area contributed by atoms with Gasteiger partial charge in [-0.15, -0.1) is 0 Å². The first-order valence-corrected chi connectivity index (χ1v) is 7.42. The van der Waals surface area contributed by atoms with Crippen LogP contribution in [0.25, 0.3) is 0 Å². The molecule has 1 aromatic rings. The Hall–Kier alpha value is -1.55. The van der Waals surface area contributed by atoms with Gasteiger partial charge in [-0.05, 0) is 37.8 Å². The quantitative estimate of drug-likeness (QED) is 0.867. The van der Waals surface area contributed by atoms with E-state index in [1.807, 2.05) is 58.9 Å². The van der Waals surface area contributed by atoms with E-state index in [2.05, 4.69) is 5.32 Å². The van der Waals surface area contributed by atoms with Crippen LogP contribution in [0.1, 0.15) is 44.9 Å². The summed E-state index contributed by atoms with van der Waals surface area (Å²) in [6.45, 7) is 9.89. The Bertz CT molecular complexity index is 457. The molecule has 2 atom stereocenters. The van der Waals surface area contributed by atoms with Gasteiger partial charge in [-0.25, -0.2) is 4.79 Å². The number of amides is 1. The Balaban J connectivity index is 2.96. The Kier molecular flexibility index (Phi) is 6.69. The van der Waals surface area contributed by atoms with Gasteiger partial charge in [-0.3, -0.25) is 0 Å². The van der Waals surface area contributed by atoms with Crippen LogP contribution in [0.15, 0.2) is 24.3 Å². The summed E-state index contributed by atoms with van der Waals surface area (Å²) < 4.78 is 11.3. The van der Waals surface area contributed by atoms with Crippen molar-refractivity contribution in [1.82, 2.24) is 5.32 Å². The molecule has 1 rings (SSSR count). The van der Waals surface area contributed by atoms with Gasteiger partial charge in [0.2, 0.25) is 0 Å². The van der Waals surface area contributed by atoms with Crippen LogP contribution in [-0.2, 0) is 9.47 Å². The van der Waals surface area contributed by atoms with E-state index >= 15 is 0 Å². The molecule has 118 valence electrons. The number of hydrogen-bond acceptors (Lipinski definition) is 3. The van der Waals surface area contributed by atoms with Crippen LogP contribution in [0.4, 0.5) is 4.79 Å². The van der Waals surface area contributed by atoms with Crippen molar-refractivity contribution in [2.45, 2.75) is 52.9 Å². The molecule has 0 unspecified atom stereocenters. The molecule has 0 heterocycles. The number of alkyl carbamates (subject to hydrolysis) is 1. The highest BCUT2D eigenvalue weighted by molar-refractivity contribution is 5.67. The molecule has 0 aliphatic rings. The van der Waals surface area contributed by atoms with Gasteiger partial charge in [0, 0.05) is 13.2 Å². The smallest absolute Gasteiger partial charge is 0.407 e. The number of benzene rings is 1. The number of nitrogens with one attached hydrogen (secondary N) is 1. The number of ether oxygens (including phenoxy) is 2. The van der Waals surface area contributed by atoms with E-state index in [4.69, 9.17) is 9.47 Å². The van der Waals surface area contributed by atoms with Gasteiger partial charge in [-0.2, -0.15) is 0 Å². The zero-order chi connectivity index (χ0) is 16.0. The summed E-state index contributed by atoms with van der Waals surface area (Å²) in [5.41, 5.74) is 2.18. The van der Waals surface area contributed by atoms with Gasteiger partial charge in [0.15, 0.2) is 0 Å². The fourth-order valence-corrected chi connectivity index (χ4v) is 2.28.